The molecule has 1 heteroatoms. The van der Waals surface area contributed by atoms with Crippen LogP contribution in [0.5, 0.6) is 0 Å². The van der Waals surface area contributed by atoms with Gasteiger partial charge in [0.2, 0.25) is 0 Å². The molecule has 0 amide bonds. The molecule has 0 N–H and O–H groups in total. The summed E-state index contributed by atoms with van der Waals surface area (Å²) >= 11 is 0. The SMILES string of the molecule is CC1(C)c2ccccc2N2c3c(cc(-c4ccccc4)cc31)-c1cccc3c(-c4ccccc4)ccc2c13. The summed E-state index contributed by atoms with van der Waals surface area (Å²) in [6.07, 6.45) is 0. The van der Waals surface area contributed by atoms with Crippen LogP contribution in [-0.4, -0.2) is 0 Å². The molecule has 0 saturated carbocycles. The molecular formula is C37H27N. The molecule has 38 heavy (non-hydrogen) atoms. The lowest BCUT2D eigenvalue weighted by atomic mass is 9.70. The van der Waals surface area contributed by atoms with Gasteiger partial charge in [0, 0.05) is 16.4 Å². The molecule has 8 rings (SSSR count). The van der Waals surface area contributed by atoms with E-state index in [1.54, 1.807) is 0 Å². The molecule has 0 unspecified atom stereocenters. The van der Waals surface area contributed by atoms with Gasteiger partial charge in [0.05, 0.1) is 17.1 Å². The highest BCUT2D eigenvalue weighted by atomic mass is 15.2. The van der Waals surface area contributed by atoms with E-state index in [9.17, 15) is 0 Å². The molecule has 6 aromatic carbocycles. The number of para-hydroxylation sites is 1. The van der Waals surface area contributed by atoms with Crippen LogP contribution in [0.4, 0.5) is 17.1 Å². The van der Waals surface area contributed by atoms with Gasteiger partial charge in [-0.3, -0.25) is 0 Å². The van der Waals surface area contributed by atoms with Gasteiger partial charge in [-0.15, -0.1) is 0 Å². The van der Waals surface area contributed by atoms with Gasteiger partial charge in [0.1, 0.15) is 0 Å². The second kappa shape index (κ2) is 7.69. The third-order valence-electron chi connectivity index (χ3n) is 8.57. The fraction of sp³-hybridized carbons (Fsp3) is 0.0811. The van der Waals surface area contributed by atoms with Crippen LogP contribution in [-0.2, 0) is 5.41 Å². The zero-order chi connectivity index (χ0) is 25.4. The molecule has 180 valence electrons. The largest absolute Gasteiger partial charge is 0.309 e. The van der Waals surface area contributed by atoms with Crippen molar-refractivity contribution in [2.75, 3.05) is 4.90 Å². The summed E-state index contributed by atoms with van der Waals surface area (Å²) in [5.41, 5.74) is 14.2. The van der Waals surface area contributed by atoms with E-state index in [0.717, 1.165) is 0 Å². The topological polar surface area (TPSA) is 3.24 Å². The van der Waals surface area contributed by atoms with Crippen LogP contribution in [0.1, 0.15) is 25.0 Å². The minimum absolute atomic E-state index is 0.128. The van der Waals surface area contributed by atoms with Crippen molar-refractivity contribution in [3.63, 3.8) is 0 Å². The van der Waals surface area contributed by atoms with Gasteiger partial charge >= 0.3 is 0 Å². The molecule has 0 spiro atoms. The number of anilines is 3. The van der Waals surface area contributed by atoms with Gasteiger partial charge < -0.3 is 4.90 Å². The van der Waals surface area contributed by atoms with Crippen LogP contribution in [0.25, 0.3) is 44.2 Å². The van der Waals surface area contributed by atoms with Crippen molar-refractivity contribution in [2.45, 2.75) is 19.3 Å². The number of rotatable bonds is 2. The fourth-order valence-electron chi connectivity index (χ4n) is 6.74. The fourth-order valence-corrected chi connectivity index (χ4v) is 6.74. The van der Waals surface area contributed by atoms with Crippen molar-refractivity contribution >= 4 is 27.8 Å². The first-order valence-electron chi connectivity index (χ1n) is 13.4. The van der Waals surface area contributed by atoms with E-state index >= 15 is 0 Å². The summed E-state index contributed by atoms with van der Waals surface area (Å²) in [4.78, 5) is 2.53. The second-order valence-electron chi connectivity index (χ2n) is 11.0. The first-order valence-corrected chi connectivity index (χ1v) is 13.4. The van der Waals surface area contributed by atoms with Crippen molar-refractivity contribution in [2.24, 2.45) is 0 Å². The van der Waals surface area contributed by atoms with Gasteiger partial charge in [0.15, 0.2) is 0 Å². The zero-order valence-electron chi connectivity index (χ0n) is 21.6. The third-order valence-corrected chi connectivity index (χ3v) is 8.57. The molecule has 0 bridgehead atoms. The summed E-state index contributed by atoms with van der Waals surface area (Å²) in [6, 6.07) is 46.9. The number of hydrogen-bond donors (Lipinski definition) is 0. The van der Waals surface area contributed by atoms with E-state index in [1.165, 1.54) is 72.3 Å². The average Bonchev–Trinajstić information content (AvgIpc) is 2.97. The first kappa shape index (κ1) is 21.5. The Balaban J connectivity index is 1.53. The van der Waals surface area contributed by atoms with Crippen molar-refractivity contribution in [3.8, 4) is 33.4 Å². The Labute approximate surface area is 223 Å². The van der Waals surface area contributed by atoms with Crippen LogP contribution in [0.2, 0.25) is 0 Å². The molecule has 2 heterocycles. The highest BCUT2D eigenvalue weighted by Crippen LogP contribution is 2.60. The average molecular weight is 486 g/mol. The molecule has 0 saturated heterocycles. The minimum atomic E-state index is -0.128. The summed E-state index contributed by atoms with van der Waals surface area (Å²) in [5.74, 6) is 0. The van der Waals surface area contributed by atoms with E-state index < -0.39 is 0 Å². The standard InChI is InChI=1S/C37H27N/c1-37(2)31-18-9-10-19-33(31)38-34-21-20-27(25-14-7-4-8-15-25)28-16-11-17-29(35(28)34)30-22-26(23-32(37)36(30)38)24-12-5-3-6-13-24/h3-23H,1-2H3. The Morgan fingerprint density at radius 1 is 0.474 bits per heavy atom. The zero-order valence-corrected chi connectivity index (χ0v) is 21.6. The smallest absolute Gasteiger partial charge is 0.0581 e. The van der Waals surface area contributed by atoms with Crippen LogP contribution >= 0.6 is 0 Å². The predicted molar refractivity (Wildman–Crippen MR) is 161 cm³/mol. The highest BCUT2D eigenvalue weighted by molar-refractivity contribution is 6.18. The number of hydrogen-bond acceptors (Lipinski definition) is 1. The maximum atomic E-state index is 2.53. The minimum Gasteiger partial charge on any atom is -0.309 e. The predicted octanol–water partition coefficient (Wildman–Crippen LogP) is 10.3. The molecule has 6 aromatic rings. The Kier molecular flexibility index (Phi) is 4.35. The van der Waals surface area contributed by atoms with Crippen molar-refractivity contribution in [1.82, 2.24) is 0 Å². The molecule has 1 nitrogen and oxygen atoms in total. The monoisotopic (exact) mass is 485 g/mol. The van der Waals surface area contributed by atoms with E-state index in [2.05, 4.69) is 146 Å². The molecule has 0 aromatic heterocycles. The van der Waals surface area contributed by atoms with Crippen LogP contribution in [0.15, 0.2) is 127 Å². The Hall–Kier alpha value is -4.62. The summed E-state index contributed by atoms with van der Waals surface area (Å²) in [5, 5.41) is 2.62. The molecule has 2 aliphatic rings. The van der Waals surface area contributed by atoms with E-state index in [1.807, 2.05) is 0 Å². The van der Waals surface area contributed by atoms with Gasteiger partial charge in [-0.2, -0.15) is 0 Å². The van der Waals surface area contributed by atoms with Gasteiger partial charge in [-0.25, -0.2) is 0 Å². The molecule has 2 aliphatic heterocycles. The quantitative estimate of drug-likeness (QED) is 0.235. The maximum Gasteiger partial charge on any atom is 0.0581 e. The second-order valence-corrected chi connectivity index (χ2v) is 11.0. The molecule has 0 atom stereocenters. The van der Waals surface area contributed by atoms with Crippen LogP contribution < -0.4 is 4.90 Å². The Morgan fingerprint density at radius 3 is 1.97 bits per heavy atom. The summed E-state index contributed by atoms with van der Waals surface area (Å²) in [7, 11) is 0. The molecular weight excluding hydrogens is 458 g/mol. The highest BCUT2D eigenvalue weighted by Gasteiger charge is 2.41. The summed E-state index contributed by atoms with van der Waals surface area (Å²) in [6.45, 7) is 4.75. The van der Waals surface area contributed by atoms with E-state index in [-0.39, 0.29) is 5.41 Å². The Bertz CT molecular complexity index is 1880. The lowest BCUT2D eigenvalue weighted by Crippen LogP contribution is -2.32. The van der Waals surface area contributed by atoms with Crippen molar-refractivity contribution in [3.05, 3.63) is 139 Å². The Morgan fingerprint density at radius 2 is 1.18 bits per heavy atom. The van der Waals surface area contributed by atoms with E-state index in [4.69, 9.17) is 0 Å². The van der Waals surface area contributed by atoms with Crippen molar-refractivity contribution in [1.29, 1.82) is 0 Å². The lowest BCUT2D eigenvalue weighted by Gasteiger charge is -2.45. The van der Waals surface area contributed by atoms with E-state index in [0.29, 0.717) is 0 Å². The third kappa shape index (κ3) is 2.82. The number of benzene rings is 6. The summed E-state index contributed by atoms with van der Waals surface area (Å²) < 4.78 is 0. The number of fused-ring (bicyclic) bond motifs is 4. The number of nitrogens with zero attached hydrogens (tertiary/aromatic N) is 1. The molecule has 0 fully saturated rings. The van der Waals surface area contributed by atoms with Gasteiger partial charge in [0.25, 0.3) is 0 Å². The maximum absolute atomic E-state index is 2.53. The molecule has 0 aliphatic carbocycles. The van der Waals surface area contributed by atoms with Gasteiger partial charge in [-0.1, -0.05) is 117 Å². The normalized spacial score (nSPS) is 14.2. The first-order chi connectivity index (χ1) is 18.6. The van der Waals surface area contributed by atoms with Crippen LogP contribution in [0, 0.1) is 0 Å². The van der Waals surface area contributed by atoms with Crippen molar-refractivity contribution < 1.29 is 0 Å². The van der Waals surface area contributed by atoms with Crippen LogP contribution in [0.3, 0.4) is 0 Å². The molecule has 0 radical (unpaired) electrons. The van der Waals surface area contributed by atoms with Gasteiger partial charge in [-0.05, 0) is 68.6 Å². The lowest BCUT2D eigenvalue weighted by molar-refractivity contribution is 0.632.